The van der Waals surface area contributed by atoms with Crippen molar-refractivity contribution in [2.45, 2.75) is 33.1 Å². The van der Waals surface area contributed by atoms with Crippen molar-refractivity contribution in [3.63, 3.8) is 0 Å². The van der Waals surface area contributed by atoms with Gasteiger partial charge in [-0.3, -0.25) is 4.79 Å². The number of aromatic nitrogens is 1. The van der Waals surface area contributed by atoms with E-state index in [1.165, 1.54) is 11.1 Å². The van der Waals surface area contributed by atoms with Crippen LogP contribution >= 0.6 is 12.4 Å². The van der Waals surface area contributed by atoms with Crippen LogP contribution in [0.5, 0.6) is 5.75 Å². The highest BCUT2D eigenvalue weighted by molar-refractivity contribution is 5.94. The minimum Gasteiger partial charge on any atom is -0.493 e. The summed E-state index contributed by atoms with van der Waals surface area (Å²) in [6, 6.07) is 18.0. The predicted octanol–water partition coefficient (Wildman–Crippen LogP) is 5.11. The number of nitrogens with zero attached hydrogens (tertiary/aromatic N) is 1. The van der Waals surface area contributed by atoms with Gasteiger partial charge >= 0.3 is 0 Å². The zero-order valence-corrected chi connectivity index (χ0v) is 19.3. The second kappa shape index (κ2) is 11.1. The third-order valence-corrected chi connectivity index (χ3v) is 5.60. The van der Waals surface area contributed by atoms with Crippen molar-refractivity contribution in [1.82, 2.24) is 10.3 Å². The predicted molar refractivity (Wildman–Crippen MR) is 128 cm³/mol. The third-order valence-electron chi connectivity index (χ3n) is 5.60. The topological polar surface area (TPSA) is 64.4 Å². The van der Waals surface area contributed by atoms with Gasteiger partial charge in [-0.1, -0.05) is 30.3 Å². The zero-order chi connectivity index (χ0) is 21.6. The second-order valence-electron chi connectivity index (χ2n) is 7.87. The summed E-state index contributed by atoms with van der Waals surface area (Å²) < 4.78 is 11.7. The first-order valence-electron chi connectivity index (χ1n) is 10.8. The maximum atomic E-state index is 11.9. The van der Waals surface area contributed by atoms with Crippen LogP contribution in [0.3, 0.4) is 0 Å². The molecule has 0 aliphatic carbocycles. The molecule has 32 heavy (non-hydrogen) atoms. The number of carbonyl (C=O) groups excluding carboxylic acids is 1. The van der Waals surface area contributed by atoms with Gasteiger partial charge in [0, 0.05) is 18.5 Å². The molecule has 1 aromatic heterocycles. The van der Waals surface area contributed by atoms with Crippen molar-refractivity contribution in [3.8, 4) is 17.2 Å². The number of rotatable bonds is 8. The lowest BCUT2D eigenvalue weighted by atomic mass is 9.93. The molecule has 0 bridgehead atoms. The molecule has 2 heterocycles. The maximum absolute atomic E-state index is 11.9. The van der Waals surface area contributed by atoms with Crippen molar-refractivity contribution in [1.29, 1.82) is 0 Å². The average Bonchev–Trinajstić information content (AvgIpc) is 3.16. The largest absolute Gasteiger partial charge is 0.493 e. The quantitative estimate of drug-likeness (QED) is 0.514. The molecule has 0 fully saturated rings. The van der Waals surface area contributed by atoms with Gasteiger partial charge in [0.05, 0.1) is 12.3 Å². The monoisotopic (exact) mass is 452 g/mol. The van der Waals surface area contributed by atoms with Crippen LogP contribution in [0.1, 0.15) is 30.4 Å². The summed E-state index contributed by atoms with van der Waals surface area (Å²) in [6.07, 6.45) is 2.30. The van der Waals surface area contributed by atoms with E-state index in [2.05, 4.69) is 22.4 Å². The van der Waals surface area contributed by atoms with Crippen LogP contribution < -0.4 is 10.1 Å². The summed E-state index contributed by atoms with van der Waals surface area (Å²) in [5, 5.41) is 3.36. The Hall–Kier alpha value is -2.89. The van der Waals surface area contributed by atoms with Gasteiger partial charge in [-0.25, -0.2) is 4.98 Å². The van der Waals surface area contributed by atoms with E-state index >= 15 is 0 Å². The minimum atomic E-state index is 0. The van der Waals surface area contributed by atoms with Gasteiger partial charge in [0.1, 0.15) is 11.5 Å². The van der Waals surface area contributed by atoms with Gasteiger partial charge in [0.15, 0.2) is 5.78 Å². The number of carbonyl (C=O) groups is 1. The maximum Gasteiger partial charge on any atom is 0.226 e. The molecule has 4 rings (SSSR count). The molecule has 3 aromatic rings. The Morgan fingerprint density at radius 1 is 1.12 bits per heavy atom. The van der Waals surface area contributed by atoms with Crippen LogP contribution in [-0.2, 0) is 17.6 Å². The Morgan fingerprint density at radius 2 is 1.88 bits per heavy atom. The van der Waals surface area contributed by atoms with Crippen molar-refractivity contribution in [2.75, 3.05) is 19.7 Å². The van der Waals surface area contributed by atoms with E-state index in [9.17, 15) is 4.79 Å². The van der Waals surface area contributed by atoms with Gasteiger partial charge in [0.25, 0.3) is 0 Å². The fourth-order valence-corrected chi connectivity index (χ4v) is 3.91. The van der Waals surface area contributed by atoms with Crippen molar-refractivity contribution in [3.05, 3.63) is 82.8 Å². The first kappa shape index (κ1) is 23.8. The number of aryl methyl sites for hydroxylation is 1. The first-order valence-corrected chi connectivity index (χ1v) is 10.8. The standard InChI is InChI=1S/C26H28N2O3.ClH/c1-18(29)24-12-14-27-17-22(24)16-20-8-10-23(11-9-20)30-15-13-25-19(2)31-26(28-25)21-6-4-3-5-7-21;/h3-11,27H,12-17H2,1-2H3;1H. The Kier molecular flexibility index (Phi) is 8.26. The number of ketones is 1. The summed E-state index contributed by atoms with van der Waals surface area (Å²) >= 11 is 0. The van der Waals surface area contributed by atoms with E-state index < -0.39 is 0 Å². The molecule has 1 aliphatic rings. The van der Waals surface area contributed by atoms with Crippen molar-refractivity contribution >= 4 is 18.2 Å². The molecule has 2 aromatic carbocycles. The molecule has 168 valence electrons. The van der Waals surface area contributed by atoms with E-state index in [1.807, 2.05) is 49.4 Å². The van der Waals surface area contributed by atoms with Gasteiger partial charge in [-0.15, -0.1) is 12.4 Å². The van der Waals surface area contributed by atoms with Crippen LogP contribution in [0.25, 0.3) is 11.5 Å². The molecule has 0 saturated carbocycles. The number of hydrogen-bond acceptors (Lipinski definition) is 5. The summed E-state index contributed by atoms with van der Waals surface area (Å²) in [7, 11) is 0. The van der Waals surface area contributed by atoms with Gasteiger partial charge < -0.3 is 14.5 Å². The van der Waals surface area contributed by atoms with Crippen LogP contribution in [0.2, 0.25) is 0 Å². The molecule has 0 radical (unpaired) electrons. The molecule has 0 amide bonds. The fourth-order valence-electron chi connectivity index (χ4n) is 3.91. The molecular formula is C26H29ClN2O3. The van der Waals surface area contributed by atoms with Gasteiger partial charge in [-0.2, -0.15) is 0 Å². The number of halogens is 1. The molecule has 1 N–H and O–H groups in total. The third kappa shape index (κ3) is 5.87. The SMILES string of the molecule is CC(=O)C1=C(Cc2ccc(OCCc3nc(-c4ccccc4)oc3C)cc2)CNCC1.Cl. The first-order chi connectivity index (χ1) is 15.1. The molecule has 0 spiro atoms. The molecule has 5 nitrogen and oxygen atoms in total. The van der Waals surface area contributed by atoms with Crippen LogP contribution in [0, 0.1) is 6.92 Å². The molecule has 0 unspecified atom stereocenters. The summed E-state index contributed by atoms with van der Waals surface area (Å²) in [6.45, 7) is 5.80. The normalized spacial score (nSPS) is 13.6. The van der Waals surface area contributed by atoms with Crippen molar-refractivity contribution in [2.24, 2.45) is 0 Å². The number of oxazole rings is 1. The van der Waals surface area contributed by atoms with E-state index in [4.69, 9.17) is 9.15 Å². The van der Waals surface area contributed by atoms with Crippen LogP contribution in [0.15, 0.2) is 70.2 Å². The van der Waals surface area contributed by atoms with E-state index in [0.29, 0.717) is 18.9 Å². The zero-order valence-electron chi connectivity index (χ0n) is 18.5. The van der Waals surface area contributed by atoms with E-state index in [0.717, 1.165) is 54.3 Å². The number of Topliss-reactive ketones (excluding diaryl/α,β-unsaturated/α-hetero) is 1. The Labute approximate surface area is 195 Å². The Balaban J connectivity index is 0.00000289. The average molecular weight is 453 g/mol. The number of hydrogen-bond donors (Lipinski definition) is 1. The molecule has 0 atom stereocenters. The summed E-state index contributed by atoms with van der Waals surface area (Å²) in [4.78, 5) is 16.5. The van der Waals surface area contributed by atoms with Gasteiger partial charge in [-0.05, 0) is 74.2 Å². The molecule has 1 aliphatic heterocycles. The minimum absolute atomic E-state index is 0. The molecular weight excluding hydrogens is 424 g/mol. The highest BCUT2D eigenvalue weighted by Gasteiger charge is 2.16. The Bertz CT molecular complexity index is 1070. The molecule has 6 heteroatoms. The summed E-state index contributed by atoms with van der Waals surface area (Å²) in [5.41, 5.74) is 5.26. The number of nitrogens with one attached hydrogen (secondary N) is 1. The fraction of sp³-hybridized carbons (Fsp3) is 0.308. The Morgan fingerprint density at radius 3 is 2.59 bits per heavy atom. The summed E-state index contributed by atoms with van der Waals surface area (Å²) in [5.74, 6) is 2.49. The molecule has 0 saturated heterocycles. The smallest absolute Gasteiger partial charge is 0.226 e. The van der Waals surface area contributed by atoms with Gasteiger partial charge in [0.2, 0.25) is 5.89 Å². The second-order valence-corrected chi connectivity index (χ2v) is 7.87. The van der Waals surface area contributed by atoms with Crippen LogP contribution in [-0.4, -0.2) is 30.5 Å². The lowest BCUT2D eigenvalue weighted by Crippen LogP contribution is -2.28. The number of ether oxygens (including phenoxy) is 1. The van der Waals surface area contributed by atoms with E-state index in [-0.39, 0.29) is 18.2 Å². The van der Waals surface area contributed by atoms with E-state index in [1.54, 1.807) is 6.92 Å². The highest BCUT2D eigenvalue weighted by Crippen LogP contribution is 2.23. The highest BCUT2D eigenvalue weighted by atomic mass is 35.5. The lowest BCUT2D eigenvalue weighted by Gasteiger charge is -2.20. The number of benzene rings is 2. The van der Waals surface area contributed by atoms with Crippen molar-refractivity contribution < 1.29 is 13.9 Å². The lowest BCUT2D eigenvalue weighted by molar-refractivity contribution is -0.113. The van der Waals surface area contributed by atoms with Crippen LogP contribution in [0.4, 0.5) is 0 Å².